The molecule has 0 fully saturated rings. The lowest BCUT2D eigenvalue weighted by atomic mass is 10.1. The van der Waals surface area contributed by atoms with Gasteiger partial charge in [0.25, 0.3) is 0 Å². The molecule has 7 heteroatoms. The predicted molar refractivity (Wildman–Crippen MR) is 130 cm³/mol. The number of benzene rings is 3. The second kappa shape index (κ2) is 9.08. The molecule has 33 heavy (non-hydrogen) atoms. The predicted octanol–water partition coefficient (Wildman–Crippen LogP) is 5.56. The molecule has 0 radical (unpaired) electrons. The van der Waals surface area contributed by atoms with Crippen molar-refractivity contribution in [1.29, 1.82) is 0 Å². The standard InChI is InChI=1S/C26H24N4O3/c1-3-13-30-14-15-32-25-23(30)12-11-22-24(25)26(28-17-27-22)29-18-7-9-19(10-8-18)33-21-6-4-5-20(16-21)31-2/h3-12,16-17H,1,13-15H2,2H3,(H,27,28,29). The van der Waals surface area contributed by atoms with Gasteiger partial charge in [-0.1, -0.05) is 12.1 Å². The number of aromatic nitrogens is 2. The van der Waals surface area contributed by atoms with E-state index in [4.69, 9.17) is 14.2 Å². The van der Waals surface area contributed by atoms with Gasteiger partial charge in [-0.3, -0.25) is 0 Å². The Morgan fingerprint density at radius 3 is 2.73 bits per heavy atom. The van der Waals surface area contributed by atoms with E-state index in [1.54, 1.807) is 13.4 Å². The zero-order valence-corrected chi connectivity index (χ0v) is 18.3. The summed E-state index contributed by atoms with van der Waals surface area (Å²) in [6, 6.07) is 19.3. The molecule has 1 aliphatic heterocycles. The lowest BCUT2D eigenvalue weighted by Crippen LogP contribution is -2.32. The normalized spacial score (nSPS) is 12.6. The van der Waals surface area contributed by atoms with Crippen LogP contribution in [-0.2, 0) is 0 Å². The summed E-state index contributed by atoms with van der Waals surface area (Å²) in [6.07, 6.45) is 3.46. The number of ether oxygens (including phenoxy) is 3. The van der Waals surface area contributed by atoms with Gasteiger partial charge in [0.2, 0.25) is 0 Å². The summed E-state index contributed by atoms with van der Waals surface area (Å²) < 4.78 is 17.3. The maximum Gasteiger partial charge on any atom is 0.155 e. The lowest BCUT2D eigenvalue weighted by Gasteiger charge is -2.31. The van der Waals surface area contributed by atoms with Crippen LogP contribution >= 0.6 is 0 Å². The lowest BCUT2D eigenvalue weighted by molar-refractivity contribution is 0.313. The van der Waals surface area contributed by atoms with Crippen molar-refractivity contribution in [2.45, 2.75) is 0 Å². The minimum atomic E-state index is 0.602. The van der Waals surface area contributed by atoms with Crippen LogP contribution in [0.4, 0.5) is 17.2 Å². The van der Waals surface area contributed by atoms with Crippen LogP contribution in [0.1, 0.15) is 0 Å². The quantitative estimate of drug-likeness (QED) is 0.377. The zero-order chi connectivity index (χ0) is 22.6. The third kappa shape index (κ3) is 4.25. The molecule has 4 aromatic rings. The van der Waals surface area contributed by atoms with Crippen molar-refractivity contribution in [1.82, 2.24) is 9.97 Å². The molecule has 0 bridgehead atoms. The fraction of sp³-hybridized carbons (Fsp3) is 0.154. The van der Waals surface area contributed by atoms with Gasteiger partial charge in [0.1, 0.15) is 36.0 Å². The monoisotopic (exact) mass is 440 g/mol. The molecular formula is C26H24N4O3. The second-order valence-electron chi connectivity index (χ2n) is 7.54. The molecule has 0 aliphatic carbocycles. The number of nitrogens with one attached hydrogen (secondary N) is 1. The number of nitrogens with zero attached hydrogens (tertiary/aromatic N) is 3. The topological polar surface area (TPSA) is 68.7 Å². The average molecular weight is 441 g/mol. The van der Waals surface area contributed by atoms with Crippen molar-refractivity contribution in [2.24, 2.45) is 0 Å². The smallest absolute Gasteiger partial charge is 0.155 e. The van der Waals surface area contributed by atoms with Crippen molar-refractivity contribution in [3.63, 3.8) is 0 Å². The van der Waals surface area contributed by atoms with E-state index >= 15 is 0 Å². The van der Waals surface area contributed by atoms with Crippen LogP contribution in [0.15, 0.2) is 79.6 Å². The van der Waals surface area contributed by atoms with E-state index in [0.29, 0.717) is 18.2 Å². The molecule has 0 saturated heterocycles. The highest BCUT2D eigenvalue weighted by Gasteiger charge is 2.22. The number of rotatable bonds is 7. The van der Waals surface area contributed by atoms with Crippen molar-refractivity contribution in [3.05, 3.63) is 79.6 Å². The highest BCUT2D eigenvalue weighted by Crippen LogP contribution is 2.41. The van der Waals surface area contributed by atoms with Crippen LogP contribution in [0.5, 0.6) is 23.0 Å². The fourth-order valence-corrected chi connectivity index (χ4v) is 3.87. The minimum absolute atomic E-state index is 0.602. The molecule has 3 aromatic carbocycles. The van der Waals surface area contributed by atoms with Gasteiger partial charge in [0, 0.05) is 18.3 Å². The Bertz CT molecular complexity index is 1290. The van der Waals surface area contributed by atoms with E-state index in [0.717, 1.165) is 52.6 Å². The summed E-state index contributed by atoms with van der Waals surface area (Å²) in [7, 11) is 1.63. The number of fused-ring (bicyclic) bond motifs is 3. The summed E-state index contributed by atoms with van der Waals surface area (Å²) in [4.78, 5) is 11.2. The summed E-state index contributed by atoms with van der Waals surface area (Å²) in [6.45, 7) is 6.04. The van der Waals surface area contributed by atoms with Gasteiger partial charge in [-0.05, 0) is 48.5 Å². The first kappa shape index (κ1) is 20.6. The molecule has 1 aromatic heterocycles. The highest BCUT2D eigenvalue weighted by atomic mass is 16.5. The van der Waals surface area contributed by atoms with Gasteiger partial charge in [-0.15, -0.1) is 6.58 Å². The first-order valence-electron chi connectivity index (χ1n) is 10.7. The van der Waals surface area contributed by atoms with Gasteiger partial charge in [0.05, 0.1) is 30.2 Å². The third-order valence-corrected chi connectivity index (χ3v) is 5.43. The first-order valence-corrected chi connectivity index (χ1v) is 10.7. The van der Waals surface area contributed by atoms with Crippen LogP contribution in [0.3, 0.4) is 0 Å². The van der Waals surface area contributed by atoms with Crippen molar-refractivity contribution in [3.8, 4) is 23.0 Å². The van der Waals surface area contributed by atoms with E-state index in [-0.39, 0.29) is 0 Å². The largest absolute Gasteiger partial charge is 0.497 e. The highest BCUT2D eigenvalue weighted by molar-refractivity contribution is 6.00. The summed E-state index contributed by atoms with van der Waals surface area (Å²) in [5.41, 5.74) is 2.72. The maximum atomic E-state index is 6.07. The molecule has 2 heterocycles. The number of hydrogen-bond donors (Lipinski definition) is 1. The van der Waals surface area contributed by atoms with Gasteiger partial charge >= 0.3 is 0 Å². The Hall–Kier alpha value is -4.26. The molecule has 1 N–H and O–H groups in total. The van der Waals surface area contributed by atoms with Crippen LogP contribution in [-0.4, -0.2) is 36.8 Å². The van der Waals surface area contributed by atoms with Crippen molar-refractivity contribution in [2.75, 3.05) is 37.0 Å². The summed E-state index contributed by atoms with van der Waals surface area (Å²) in [5, 5.41) is 4.27. The van der Waals surface area contributed by atoms with E-state index in [2.05, 4.69) is 26.8 Å². The average Bonchev–Trinajstić information content (AvgIpc) is 2.85. The SMILES string of the molecule is C=CCN1CCOc2c1ccc1ncnc(Nc3ccc(Oc4cccc(OC)c4)cc3)c21. The van der Waals surface area contributed by atoms with Crippen LogP contribution in [0.25, 0.3) is 10.9 Å². The van der Waals surface area contributed by atoms with Crippen LogP contribution in [0, 0.1) is 0 Å². The van der Waals surface area contributed by atoms with Crippen molar-refractivity contribution < 1.29 is 14.2 Å². The Kier molecular flexibility index (Phi) is 5.68. The Morgan fingerprint density at radius 2 is 1.91 bits per heavy atom. The first-order chi connectivity index (χ1) is 16.2. The van der Waals surface area contributed by atoms with E-state index in [1.165, 1.54) is 0 Å². The van der Waals surface area contributed by atoms with Crippen LogP contribution < -0.4 is 24.4 Å². The molecule has 5 rings (SSSR count). The third-order valence-electron chi connectivity index (χ3n) is 5.43. The maximum absolute atomic E-state index is 6.07. The minimum Gasteiger partial charge on any atom is -0.497 e. The van der Waals surface area contributed by atoms with E-state index in [9.17, 15) is 0 Å². The molecule has 0 spiro atoms. The number of hydrogen-bond acceptors (Lipinski definition) is 7. The van der Waals surface area contributed by atoms with Gasteiger partial charge in [0.15, 0.2) is 5.75 Å². The number of anilines is 3. The molecular weight excluding hydrogens is 416 g/mol. The fourth-order valence-electron chi connectivity index (χ4n) is 3.87. The zero-order valence-electron chi connectivity index (χ0n) is 18.3. The van der Waals surface area contributed by atoms with Crippen molar-refractivity contribution >= 4 is 28.1 Å². The number of methoxy groups -OCH3 is 1. The molecule has 166 valence electrons. The van der Waals surface area contributed by atoms with Gasteiger partial charge < -0.3 is 24.4 Å². The van der Waals surface area contributed by atoms with Crippen LogP contribution in [0.2, 0.25) is 0 Å². The van der Waals surface area contributed by atoms with E-state index in [1.807, 2.05) is 66.7 Å². The second-order valence-corrected chi connectivity index (χ2v) is 7.54. The molecule has 0 saturated carbocycles. The molecule has 0 unspecified atom stereocenters. The van der Waals surface area contributed by atoms with E-state index < -0.39 is 0 Å². The molecule has 0 amide bonds. The van der Waals surface area contributed by atoms with Gasteiger partial charge in [-0.25, -0.2) is 9.97 Å². The Balaban J connectivity index is 1.42. The molecule has 7 nitrogen and oxygen atoms in total. The molecule has 1 aliphatic rings. The summed E-state index contributed by atoms with van der Waals surface area (Å²) >= 11 is 0. The molecule has 0 atom stereocenters. The Labute approximate surface area is 192 Å². The van der Waals surface area contributed by atoms with Gasteiger partial charge in [-0.2, -0.15) is 0 Å². The Morgan fingerprint density at radius 1 is 1.06 bits per heavy atom. The summed E-state index contributed by atoms with van der Waals surface area (Å²) in [5.74, 6) is 3.67.